The number of halogens is 1. The predicted octanol–water partition coefficient (Wildman–Crippen LogP) is 1.93. The Hall–Kier alpha value is -0.150. The van der Waals surface area contributed by atoms with E-state index in [1.165, 1.54) is 0 Å². The van der Waals surface area contributed by atoms with E-state index in [4.69, 9.17) is 0 Å². The Labute approximate surface area is 84.1 Å². The van der Waals surface area contributed by atoms with E-state index in [0.29, 0.717) is 25.7 Å². The fraction of sp³-hybridized carbons (Fsp3) is 1.00. The number of hydrogen-bond donors (Lipinski definition) is 2. The molecule has 2 saturated carbocycles. The zero-order valence-corrected chi connectivity index (χ0v) is 8.51. The number of rotatable bonds is 0. The van der Waals surface area contributed by atoms with Gasteiger partial charge in [-0.15, -0.1) is 0 Å². The largest absolute Gasteiger partial charge is 0.387 e. The van der Waals surface area contributed by atoms with Gasteiger partial charge in [0.2, 0.25) is 0 Å². The van der Waals surface area contributed by atoms with Crippen LogP contribution < -0.4 is 0 Å². The van der Waals surface area contributed by atoms with Crippen LogP contribution in [0.25, 0.3) is 0 Å². The first kappa shape index (κ1) is 10.4. The van der Waals surface area contributed by atoms with Crippen LogP contribution in [0.15, 0.2) is 0 Å². The molecule has 2 nitrogen and oxygen atoms in total. The molecule has 3 heteroatoms. The molecule has 2 N–H and O–H groups in total. The summed E-state index contributed by atoms with van der Waals surface area (Å²) in [5.41, 5.74) is -2.50. The third kappa shape index (κ3) is 1.57. The van der Waals surface area contributed by atoms with Gasteiger partial charge >= 0.3 is 0 Å². The number of aliphatic hydroxyl groups is 2. The van der Waals surface area contributed by atoms with Crippen LogP contribution in [-0.4, -0.2) is 27.6 Å². The summed E-state index contributed by atoms with van der Waals surface area (Å²) < 4.78 is 14.1. The zero-order chi connectivity index (χ0) is 10.2. The molecule has 2 fully saturated rings. The van der Waals surface area contributed by atoms with Crippen molar-refractivity contribution in [1.82, 2.24) is 0 Å². The lowest BCUT2D eigenvalue weighted by Gasteiger charge is -2.36. The average molecular weight is 202 g/mol. The summed E-state index contributed by atoms with van der Waals surface area (Å²) in [4.78, 5) is 0. The Bertz CT molecular complexity index is 183. The van der Waals surface area contributed by atoms with E-state index in [1.54, 1.807) is 0 Å². The van der Waals surface area contributed by atoms with Crippen LogP contribution in [0.5, 0.6) is 0 Å². The van der Waals surface area contributed by atoms with Gasteiger partial charge in [0.1, 0.15) is 0 Å². The molecular formula is C11H19FO2. The highest BCUT2D eigenvalue weighted by Gasteiger charge is 2.52. The fourth-order valence-corrected chi connectivity index (χ4v) is 2.98. The van der Waals surface area contributed by atoms with Crippen molar-refractivity contribution in [3.63, 3.8) is 0 Å². The molecule has 2 bridgehead atoms. The van der Waals surface area contributed by atoms with E-state index < -0.39 is 17.4 Å². The van der Waals surface area contributed by atoms with Crippen LogP contribution in [0.4, 0.5) is 4.39 Å². The fourth-order valence-electron chi connectivity index (χ4n) is 2.98. The van der Waals surface area contributed by atoms with Crippen molar-refractivity contribution in [2.75, 3.05) is 0 Å². The second kappa shape index (κ2) is 3.46. The topological polar surface area (TPSA) is 40.5 Å². The minimum atomic E-state index is -1.44. The molecule has 0 heterocycles. The maximum absolute atomic E-state index is 14.1. The smallest absolute Gasteiger partial charge is 0.157 e. The summed E-state index contributed by atoms with van der Waals surface area (Å²) in [5.74, 6) is 0. The van der Waals surface area contributed by atoms with Crippen LogP contribution in [0.3, 0.4) is 0 Å². The number of fused-ring (bicyclic) bond motifs is 2. The predicted molar refractivity (Wildman–Crippen MR) is 51.7 cm³/mol. The molecule has 82 valence electrons. The Morgan fingerprint density at radius 3 is 1.36 bits per heavy atom. The summed E-state index contributed by atoms with van der Waals surface area (Å²) in [6.07, 6.45) is 3.93. The highest BCUT2D eigenvalue weighted by molar-refractivity contribution is 5.03. The highest BCUT2D eigenvalue weighted by Crippen LogP contribution is 2.44. The van der Waals surface area contributed by atoms with Crippen molar-refractivity contribution in [1.29, 1.82) is 0 Å². The van der Waals surface area contributed by atoms with Crippen LogP contribution in [0, 0.1) is 0 Å². The van der Waals surface area contributed by atoms with Gasteiger partial charge in [-0.2, -0.15) is 0 Å². The second-order valence-electron chi connectivity index (χ2n) is 4.98. The molecule has 2 rings (SSSR count). The number of alkyl halides is 1. The van der Waals surface area contributed by atoms with Gasteiger partial charge in [0, 0.05) is 0 Å². The summed E-state index contributed by atoms with van der Waals surface area (Å²) in [7, 11) is 0. The Morgan fingerprint density at radius 1 is 0.786 bits per heavy atom. The Morgan fingerprint density at radius 2 is 1.07 bits per heavy atom. The lowest BCUT2D eigenvalue weighted by Crippen LogP contribution is -2.51. The Balaban J connectivity index is 2.30. The Kier molecular flexibility index (Phi) is 2.56. The average Bonchev–Trinajstić information content (AvgIpc) is 2.34. The van der Waals surface area contributed by atoms with Gasteiger partial charge in [-0.1, -0.05) is 25.7 Å². The molecule has 2 aliphatic carbocycles. The van der Waals surface area contributed by atoms with Crippen molar-refractivity contribution in [2.24, 2.45) is 0 Å². The van der Waals surface area contributed by atoms with Crippen LogP contribution in [0.1, 0.15) is 51.4 Å². The summed E-state index contributed by atoms with van der Waals surface area (Å²) in [5, 5.41) is 20.3. The van der Waals surface area contributed by atoms with E-state index in [1.807, 2.05) is 0 Å². The third-order valence-corrected chi connectivity index (χ3v) is 3.88. The molecule has 0 amide bonds. The van der Waals surface area contributed by atoms with Crippen molar-refractivity contribution in [3.05, 3.63) is 0 Å². The zero-order valence-electron chi connectivity index (χ0n) is 8.51. The molecule has 2 aliphatic rings. The van der Waals surface area contributed by atoms with Gasteiger partial charge in [-0.25, -0.2) is 4.39 Å². The van der Waals surface area contributed by atoms with Gasteiger partial charge in [-0.3, -0.25) is 0 Å². The van der Waals surface area contributed by atoms with E-state index in [2.05, 4.69) is 0 Å². The molecule has 0 radical (unpaired) electrons. The van der Waals surface area contributed by atoms with Gasteiger partial charge in [0.05, 0.1) is 11.2 Å². The van der Waals surface area contributed by atoms with E-state index in [-0.39, 0.29) is 0 Å². The maximum Gasteiger partial charge on any atom is 0.157 e. The first-order valence-electron chi connectivity index (χ1n) is 5.66. The quantitative estimate of drug-likeness (QED) is 0.630. The molecule has 0 saturated heterocycles. The molecule has 0 aromatic heterocycles. The summed E-state index contributed by atoms with van der Waals surface area (Å²) in [6.45, 7) is 0. The molecule has 0 aromatic carbocycles. The van der Waals surface area contributed by atoms with Gasteiger partial charge < -0.3 is 10.2 Å². The summed E-state index contributed by atoms with van der Waals surface area (Å²) >= 11 is 0. The van der Waals surface area contributed by atoms with E-state index >= 15 is 0 Å². The molecule has 14 heavy (non-hydrogen) atoms. The molecule has 0 atom stereocenters. The van der Waals surface area contributed by atoms with Crippen LogP contribution >= 0.6 is 0 Å². The summed E-state index contributed by atoms with van der Waals surface area (Å²) in [6, 6.07) is 0. The standard InChI is InChI=1S/C11H19FO2/c12-9-10(13)5-1-2-6-11(9,14)8-4-3-7-10/h9,13-14H,1-8H2. The third-order valence-electron chi connectivity index (χ3n) is 3.88. The van der Waals surface area contributed by atoms with Crippen molar-refractivity contribution in [3.8, 4) is 0 Å². The van der Waals surface area contributed by atoms with Crippen molar-refractivity contribution in [2.45, 2.75) is 68.7 Å². The highest BCUT2D eigenvalue weighted by atomic mass is 19.1. The first-order chi connectivity index (χ1) is 6.57. The van der Waals surface area contributed by atoms with Gasteiger partial charge in [-0.05, 0) is 25.7 Å². The SMILES string of the molecule is OC12CCCCC(O)(CCCC1)C2F. The first-order valence-corrected chi connectivity index (χ1v) is 5.66. The lowest BCUT2D eigenvalue weighted by atomic mass is 9.82. The van der Waals surface area contributed by atoms with E-state index in [9.17, 15) is 14.6 Å². The normalized spacial score (nSPS) is 49.5. The van der Waals surface area contributed by atoms with Gasteiger partial charge in [0.25, 0.3) is 0 Å². The molecule has 0 aliphatic heterocycles. The van der Waals surface area contributed by atoms with Crippen molar-refractivity contribution >= 4 is 0 Å². The number of hydrogen-bond acceptors (Lipinski definition) is 2. The second-order valence-corrected chi connectivity index (χ2v) is 4.98. The van der Waals surface area contributed by atoms with Crippen LogP contribution in [0.2, 0.25) is 0 Å². The van der Waals surface area contributed by atoms with E-state index in [0.717, 1.165) is 25.7 Å². The monoisotopic (exact) mass is 202 g/mol. The molecule has 0 unspecified atom stereocenters. The lowest BCUT2D eigenvalue weighted by molar-refractivity contribution is -0.132. The minimum absolute atomic E-state index is 0.510. The van der Waals surface area contributed by atoms with Crippen LogP contribution in [-0.2, 0) is 0 Å². The maximum atomic E-state index is 14.1. The molecular weight excluding hydrogens is 183 g/mol. The van der Waals surface area contributed by atoms with Gasteiger partial charge in [0.15, 0.2) is 6.17 Å². The molecule has 0 spiro atoms. The minimum Gasteiger partial charge on any atom is -0.387 e. The molecule has 0 aromatic rings. The van der Waals surface area contributed by atoms with Crippen molar-refractivity contribution < 1.29 is 14.6 Å².